The molecule has 6 nitrogen and oxygen atoms in total. The summed E-state index contributed by atoms with van der Waals surface area (Å²) in [6, 6.07) is 22.8. The van der Waals surface area contributed by atoms with Gasteiger partial charge in [0, 0.05) is 24.5 Å². The molecule has 1 aliphatic heterocycles. The monoisotopic (exact) mass is 508 g/mol. The van der Waals surface area contributed by atoms with E-state index in [1.807, 2.05) is 31.2 Å². The van der Waals surface area contributed by atoms with Gasteiger partial charge in [0.05, 0.1) is 11.6 Å². The van der Waals surface area contributed by atoms with Crippen molar-refractivity contribution in [1.82, 2.24) is 9.88 Å². The average molecular weight is 509 g/mol. The van der Waals surface area contributed by atoms with Gasteiger partial charge in [0.1, 0.15) is 23.9 Å². The predicted molar refractivity (Wildman–Crippen MR) is 140 cm³/mol. The lowest BCUT2D eigenvalue weighted by Gasteiger charge is -2.25. The van der Waals surface area contributed by atoms with Crippen molar-refractivity contribution in [3.05, 3.63) is 137 Å². The largest absolute Gasteiger partial charge is 0.507 e. The van der Waals surface area contributed by atoms with E-state index in [2.05, 4.69) is 4.98 Å². The molecule has 3 aromatic carbocycles. The average Bonchev–Trinajstić information content (AvgIpc) is 3.18. The van der Waals surface area contributed by atoms with Crippen molar-refractivity contribution in [2.24, 2.45) is 0 Å². The number of nitrogens with zero attached hydrogens (tertiary/aromatic N) is 2. The van der Waals surface area contributed by atoms with E-state index in [0.717, 1.165) is 16.7 Å². The Hall–Kier alpha value is -4.78. The van der Waals surface area contributed by atoms with E-state index in [0.29, 0.717) is 23.5 Å². The third-order valence-corrected chi connectivity index (χ3v) is 6.44. The number of Topliss-reactive ketones (excluding diaryl/α,β-unsaturated/α-hetero) is 1. The van der Waals surface area contributed by atoms with Gasteiger partial charge in [-0.2, -0.15) is 0 Å². The second kappa shape index (κ2) is 10.7. The van der Waals surface area contributed by atoms with Crippen LogP contribution in [0.1, 0.15) is 33.9 Å². The second-order valence-corrected chi connectivity index (χ2v) is 9.14. The number of pyridine rings is 1. The first-order valence-corrected chi connectivity index (χ1v) is 12.1. The summed E-state index contributed by atoms with van der Waals surface area (Å²) in [6.07, 6.45) is 3.20. The van der Waals surface area contributed by atoms with Gasteiger partial charge in [-0.25, -0.2) is 4.39 Å². The number of likely N-dealkylation sites (tertiary alicyclic amines) is 1. The number of aromatic nitrogens is 1. The van der Waals surface area contributed by atoms with Crippen LogP contribution in [-0.4, -0.2) is 26.7 Å². The third kappa shape index (κ3) is 5.18. The number of hydrogen-bond donors (Lipinski definition) is 1. The molecule has 7 heteroatoms. The number of hydrogen-bond acceptors (Lipinski definition) is 5. The summed E-state index contributed by atoms with van der Waals surface area (Å²) in [5.41, 5.74) is 3.77. The lowest BCUT2D eigenvalue weighted by Crippen LogP contribution is -2.29. The summed E-state index contributed by atoms with van der Waals surface area (Å²) in [7, 11) is 0. The number of ketones is 1. The molecule has 5 rings (SSSR count). The molecule has 1 saturated heterocycles. The van der Waals surface area contributed by atoms with Crippen LogP contribution in [0.4, 0.5) is 4.39 Å². The maximum atomic E-state index is 13.7. The Balaban J connectivity index is 1.47. The molecule has 1 fully saturated rings. The maximum Gasteiger partial charge on any atom is 0.295 e. The number of carbonyl (C=O) groups is 2. The first kappa shape index (κ1) is 24.9. The number of amides is 1. The van der Waals surface area contributed by atoms with Gasteiger partial charge in [-0.05, 0) is 72.1 Å². The number of rotatable bonds is 7. The lowest BCUT2D eigenvalue weighted by molar-refractivity contribution is -0.140. The lowest BCUT2D eigenvalue weighted by atomic mass is 9.95. The summed E-state index contributed by atoms with van der Waals surface area (Å²) in [5, 5.41) is 11.3. The minimum Gasteiger partial charge on any atom is -0.507 e. The topological polar surface area (TPSA) is 79.7 Å². The number of aliphatic hydroxyl groups excluding tert-OH is 1. The number of ether oxygens (including phenoxy) is 1. The van der Waals surface area contributed by atoms with Crippen molar-refractivity contribution in [2.75, 3.05) is 0 Å². The van der Waals surface area contributed by atoms with Gasteiger partial charge < -0.3 is 14.7 Å². The van der Waals surface area contributed by atoms with Crippen LogP contribution in [0.3, 0.4) is 0 Å². The van der Waals surface area contributed by atoms with Gasteiger partial charge in [-0.1, -0.05) is 42.0 Å². The molecule has 4 aromatic rings. The van der Waals surface area contributed by atoms with Gasteiger partial charge in [-0.15, -0.1) is 0 Å². The normalized spacial score (nSPS) is 16.6. The molecule has 1 N–H and O–H groups in total. The number of aryl methyl sites for hydroxylation is 1. The summed E-state index contributed by atoms with van der Waals surface area (Å²) in [6.45, 7) is 2.52. The highest BCUT2D eigenvalue weighted by Gasteiger charge is 2.46. The Labute approximate surface area is 219 Å². The molecule has 1 atom stereocenters. The first-order valence-electron chi connectivity index (χ1n) is 12.1. The van der Waals surface area contributed by atoms with Crippen LogP contribution < -0.4 is 4.74 Å². The minimum atomic E-state index is -0.888. The van der Waals surface area contributed by atoms with Crippen LogP contribution in [-0.2, 0) is 22.7 Å². The molecule has 0 aliphatic carbocycles. The summed E-state index contributed by atoms with van der Waals surface area (Å²) < 4.78 is 19.6. The van der Waals surface area contributed by atoms with Crippen molar-refractivity contribution >= 4 is 17.4 Å². The second-order valence-electron chi connectivity index (χ2n) is 9.14. The number of halogens is 1. The minimum absolute atomic E-state index is 0.0518. The molecule has 38 heavy (non-hydrogen) atoms. The van der Waals surface area contributed by atoms with Gasteiger partial charge in [0.25, 0.3) is 11.7 Å². The highest BCUT2D eigenvalue weighted by Crippen LogP contribution is 2.40. The molecule has 0 radical (unpaired) electrons. The molecule has 0 spiro atoms. The van der Waals surface area contributed by atoms with Crippen LogP contribution in [0.15, 0.2) is 103 Å². The van der Waals surface area contributed by atoms with Crippen molar-refractivity contribution in [1.29, 1.82) is 0 Å². The van der Waals surface area contributed by atoms with E-state index in [9.17, 15) is 19.1 Å². The van der Waals surface area contributed by atoms with Crippen LogP contribution in [0.2, 0.25) is 0 Å². The summed E-state index contributed by atoms with van der Waals surface area (Å²) >= 11 is 0. The molecule has 0 bridgehead atoms. The fourth-order valence-electron chi connectivity index (χ4n) is 4.55. The Morgan fingerprint density at radius 2 is 1.66 bits per heavy atom. The highest BCUT2D eigenvalue weighted by molar-refractivity contribution is 6.46. The molecule has 2 heterocycles. The van der Waals surface area contributed by atoms with Crippen LogP contribution in [0.5, 0.6) is 5.75 Å². The van der Waals surface area contributed by atoms with Gasteiger partial charge in [-0.3, -0.25) is 14.6 Å². The standard InChI is InChI=1S/C31H25FN2O4/c1-20-3-2-4-22(17-20)19-38-26-11-7-24(8-12-26)29(35)27-28(23-5-9-25(32)10-6-23)34(31(37)30(27)36)18-21-13-15-33-16-14-21/h2-17,28,35H,18-19H2,1H3/b29-27+/t28-/m1/s1. The van der Waals surface area contributed by atoms with Crippen molar-refractivity contribution < 1.29 is 23.8 Å². The zero-order valence-electron chi connectivity index (χ0n) is 20.7. The van der Waals surface area contributed by atoms with E-state index in [4.69, 9.17) is 4.74 Å². The van der Waals surface area contributed by atoms with Crippen molar-refractivity contribution in [2.45, 2.75) is 26.1 Å². The zero-order chi connectivity index (χ0) is 26.6. The molecule has 1 amide bonds. The van der Waals surface area contributed by atoms with Gasteiger partial charge in [0.15, 0.2) is 0 Å². The molecule has 1 aromatic heterocycles. The van der Waals surface area contributed by atoms with E-state index in [1.165, 1.54) is 29.2 Å². The highest BCUT2D eigenvalue weighted by atomic mass is 19.1. The van der Waals surface area contributed by atoms with Gasteiger partial charge >= 0.3 is 0 Å². The van der Waals surface area contributed by atoms with Crippen molar-refractivity contribution in [3.8, 4) is 5.75 Å². The van der Waals surface area contributed by atoms with E-state index in [-0.39, 0.29) is 17.9 Å². The Kier molecular flexibility index (Phi) is 7.00. The third-order valence-electron chi connectivity index (χ3n) is 6.44. The van der Waals surface area contributed by atoms with Crippen LogP contribution in [0, 0.1) is 12.7 Å². The van der Waals surface area contributed by atoms with Gasteiger partial charge in [0.2, 0.25) is 0 Å². The quantitative estimate of drug-likeness (QED) is 0.196. The van der Waals surface area contributed by atoms with E-state index >= 15 is 0 Å². The summed E-state index contributed by atoms with van der Waals surface area (Å²) in [5.74, 6) is -1.70. The van der Waals surface area contributed by atoms with Crippen molar-refractivity contribution in [3.63, 3.8) is 0 Å². The zero-order valence-corrected chi connectivity index (χ0v) is 20.7. The molecule has 190 valence electrons. The number of carbonyl (C=O) groups excluding carboxylic acids is 2. The van der Waals surface area contributed by atoms with E-state index < -0.39 is 23.5 Å². The molecular weight excluding hydrogens is 483 g/mol. The Bertz CT molecular complexity index is 1500. The van der Waals surface area contributed by atoms with Crippen LogP contribution >= 0.6 is 0 Å². The van der Waals surface area contributed by atoms with E-state index in [1.54, 1.807) is 48.8 Å². The molecular formula is C31H25FN2O4. The molecule has 0 unspecified atom stereocenters. The van der Waals surface area contributed by atoms with Crippen LogP contribution in [0.25, 0.3) is 5.76 Å². The smallest absolute Gasteiger partial charge is 0.295 e. The maximum absolute atomic E-state index is 13.7. The number of aliphatic hydroxyl groups is 1. The number of benzene rings is 3. The first-order chi connectivity index (χ1) is 18.4. The SMILES string of the molecule is Cc1cccc(COc2ccc(/C(O)=C3\C(=O)C(=O)N(Cc4ccncc4)[C@@H]3c3ccc(F)cc3)cc2)c1. The Morgan fingerprint density at radius 1 is 0.947 bits per heavy atom. The Morgan fingerprint density at radius 3 is 2.34 bits per heavy atom. The molecule has 1 aliphatic rings. The fourth-order valence-corrected chi connectivity index (χ4v) is 4.55. The fraction of sp³-hybridized carbons (Fsp3) is 0.129. The molecule has 0 saturated carbocycles. The summed E-state index contributed by atoms with van der Waals surface area (Å²) in [4.78, 5) is 31.7. The predicted octanol–water partition coefficient (Wildman–Crippen LogP) is 5.73.